The van der Waals surface area contributed by atoms with Crippen LogP contribution in [-0.2, 0) is 9.53 Å². The zero-order valence-corrected chi connectivity index (χ0v) is 13.8. The van der Waals surface area contributed by atoms with E-state index in [1.54, 1.807) is 18.2 Å². The van der Waals surface area contributed by atoms with Crippen LogP contribution in [-0.4, -0.2) is 32.1 Å². The molecule has 5 nitrogen and oxygen atoms in total. The van der Waals surface area contributed by atoms with E-state index in [4.69, 9.17) is 11.6 Å². The third-order valence-electron chi connectivity index (χ3n) is 3.16. The van der Waals surface area contributed by atoms with Crippen molar-refractivity contribution in [1.82, 2.24) is 5.32 Å². The van der Waals surface area contributed by atoms with Gasteiger partial charge in [0.05, 0.1) is 23.4 Å². The molecule has 0 fully saturated rings. The fourth-order valence-corrected chi connectivity index (χ4v) is 2.09. The standard InChI is InChI=1S/C16H23ClN2O3/c1-3-4-5-9-19-15(20)8-10-18-14-11-12(16(21)22-2)6-7-13(14)17/h6-7,11,18H,3-5,8-10H2,1-2H3,(H,19,20). The van der Waals surface area contributed by atoms with Gasteiger partial charge in [0.15, 0.2) is 0 Å². The smallest absolute Gasteiger partial charge is 0.337 e. The predicted molar refractivity (Wildman–Crippen MR) is 88.4 cm³/mol. The Morgan fingerprint density at radius 1 is 1.23 bits per heavy atom. The van der Waals surface area contributed by atoms with Crippen molar-refractivity contribution in [1.29, 1.82) is 0 Å². The van der Waals surface area contributed by atoms with Crippen LogP contribution in [0.1, 0.15) is 43.0 Å². The van der Waals surface area contributed by atoms with Crippen LogP contribution < -0.4 is 10.6 Å². The Hall–Kier alpha value is -1.75. The molecule has 0 aromatic heterocycles. The molecule has 122 valence electrons. The zero-order chi connectivity index (χ0) is 16.4. The molecule has 1 amide bonds. The lowest BCUT2D eigenvalue weighted by molar-refractivity contribution is -0.120. The summed E-state index contributed by atoms with van der Waals surface area (Å²) < 4.78 is 4.66. The van der Waals surface area contributed by atoms with E-state index in [1.165, 1.54) is 7.11 Å². The van der Waals surface area contributed by atoms with Gasteiger partial charge in [-0.3, -0.25) is 4.79 Å². The van der Waals surface area contributed by atoms with E-state index in [9.17, 15) is 9.59 Å². The highest BCUT2D eigenvalue weighted by atomic mass is 35.5. The monoisotopic (exact) mass is 326 g/mol. The molecule has 0 aliphatic heterocycles. The molecule has 0 spiro atoms. The van der Waals surface area contributed by atoms with Crippen molar-refractivity contribution < 1.29 is 14.3 Å². The Balaban J connectivity index is 2.41. The van der Waals surface area contributed by atoms with Crippen molar-refractivity contribution in [2.45, 2.75) is 32.6 Å². The second-order valence-electron chi connectivity index (χ2n) is 4.92. The van der Waals surface area contributed by atoms with E-state index < -0.39 is 5.97 Å². The molecular formula is C16H23ClN2O3. The van der Waals surface area contributed by atoms with Crippen LogP contribution in [0.15, 0.2) is 18.2 Å². The molecule has 0 unspecified atom stereocenters. The Bertz CT molecular complexity index is 506. The van der Waals surface area contributed by atoms with E-state index in [0.29, 0.717) is 35.8 Å². The topological polar surface area (TPSA) is 67.4 Å². The third-order valence-corrected chi connectivity index (χ3v) is 3.49. The first kappa shape index (κ1) is 18.3. The third kappa shape index (κ3) is 6.35. The van der Waals surface area contributed by atoms with Crippen molar-refractivity contribution >= 4 is 29.2 Å². The largest absolute Gasteiger partial charge is 0.465 e. The molecular weight excluding hydrogens is 304 g/mol. The number of halogens is 1. The van der Waals surface area contributed by atoms with Crippen LogP contribution in [0, 0.1) is 0 Å². The van der Waals surface area contributed by atoms with Crippen molar-refractivity contribution in [3.8, 4) is 0 Å². The highest BCUT2D eigenvalue weighted by Gasteiger charge is 2.09. The van der Waals surface area contributed by atoms with Crippen LogP contribution in [0.4, 0.5) is 5.69 Å². The molecule has 1 aromatic rings. The number of carbonyl (C=O) groups is 2. The van der Waals surface area contributed by atoms with Gasteiger partial charge in [0, 0.05) is 19.5 Å². The van der Waals surface area contributed by atoms with Gasteiger partial charge < -0.3 is 15.4 Å². The first-order chi connectivity index (χ1) is 10.6. The summed E-state index contributed by atoms with van der Waals surface area (Å²) in [4.78, 5) is 23.1. The Morgan fingerprint density at radius 2 is 2.00 bits per heavy atom. The van der Waals surface area contributed by atoms with Gasteiger partial charge in [-0.1, -0.05) is 31.4 Å². The summed E-state index contributed by atoms with van der Waals surface area (Å²) in [6.45, 7) is 3.28. The number of amides is 1. The lowest BCUT2D eigenvalue weighted by Crippen LogP contribution is -2.26. The molecule has 0 radical (unpaired) electrons. The molecule has 1 aromatic carbocycles. The summed E-state index contributed by atoms with van der Waals surface area (Å²) in [6, 6.07) is 4.84. The van der Waals surface area contributed by atoms with E-state index in [-0.39, 0.29) is 5.91 Å². The predicted octanol–water partition coefficient (Wildman–Crippen LogP) is 3.24. The minimum atomic E-state index is -0.423. The van der Waals surface area contributed by atoms with E-state index in [2.05, 4.69) is 22.3 Å². The van der Waals surface area contributed by atoms with Crippen LogP contribution >= 0.6 is 11.6 Å². The highest BCUT2D eigenvalue weighted by molar-refractivity contribution is 6.33. The summed E-state index contributed by atoms with van der Waals surface area (Å²) in [6.07, 6.45) is 3.61. The average molecular weight is 327 g/mol. The van der Waals surface area contributed by atoms with Crippen LogP contribution in [0.2, 0.25) is 5.02 Å². The van der Waals surface area contributed by atoms with E-state index in [1.807, 2.05) is 0 Å². The number of rotatable bonds is 9. The summed E-state index contributed by atoms with van der Waals surface area (Å²) in [7, 11) is 1.33. The molecule has 0 aliphatic rings. The normalized spacial score (nSPS) is 10.1. The van der Waals surface area contributed by atoms with Crippen molar-refractivity contribution in [2.24, 2.45) is 0 Å². The molecule has 0 saturated heterocycles. The lowest BCUT2D eigenvalue weighted by atomic mass is 10.2. The summed E-state index contributed by atoms with van der Waals surface area (Å²) >= 11 is 6.06. The molecule has 1 rings (SSSR count). The van der Waals surface area contributed by atoms with Gasteiger partial charge in [0.2, 0.25) is 5.91 Å². The number of methoxy groups -OCH3 is 1. The van der Waals surface area contributed by atoms with Crippen LogP contribution in [0.5, 0.6) is 0 Å². The van der Waals surface area contributed by atoms with Crippen LogP contribution in [0.3, 0.4) is 0 Å². The quantitative estimate of drug-likeness (QED) is 0.540. The summed E-state index contributed by atoms with van der Waals surface area (Å²) in [5, 5.41) is 6.43. The lowest BCUT2D eigenvalue weighted by Gasteiger charge is -2.10. The number of anilines is 1. The second kappa shape index (κ2) is 10.1. The maximum Gasteiger partial charge on any atom is 0.337 e. The van der Waals surface area contributed by atoms with E-state index in [0.717, 1.165) is 19.3 Å². The van der Waals surface area contributed by atoms with Crippen LogP contribution in [0.25, 0.3) is 0 Å². The fraction of sp³-hybridized carbons (Fsp3) is 0.500. The highest BCUT2D eigenvalue weighted by Crippen LogP contribution is 2.23. The van der Waals surface area contributed by atoms with Gasteiger partial charge >= 0.3 is 5.97 Å². The molecule has 0 aliphatic carbocycles. The maximum atomic E-state index is 11.6. The number of hydrogen-bond acceptors (Lipinski definition) is 4. The molecule has 0 bridgehead atoms. The Labute approximate surface area is 136 Å². The number of ether oxygens (including phenoxy) is 1. The second-order valence-corrected chi connectivity index (χ2v) is 5.33. The van der Waals surface area contributed by atoms with Gasteiger partial charge in [-0.25, -0.2) is 4.79 Å². The van der Waals surface area contributed by atoms with Gasteiger partial charge in [-0.05, 0) is 24.6 Å². The van der Waals surface area contributed by atoms with Gasteiger partial charge in [-0.2, -0.15) is 0 Å². The zero-order valence-electron chi connectivity index (χ0n) is 13.1. The number of benzene rings is 1. The molecule has 2 N–H and O–H groups in total. The maximum absolute atomic E-state index is 11.6. The van der Waals surface area contributed by atoms with Gasteiger partial charge in [0.25, 0.3) is 0 Å². The van der Waals surface area contributed by atoms with Crippen molar-refractivity contribution in [2.75, 3.05) is 25.5 Å². The Kier molecular flexibility index (Phi) is 8.36. The number of hydrogen-bond donors (Lipinski definition) is 2. The molecule has 0 atom stereocenters. The molecule has 0 heterocycles. The first-order valence-corrected chi connectivity index (χ1v) is 7.84. The van der Waals surface area contributed by atoms with Gasteiger partial charge in [0.1, 0.15) is 0 Å². The molecule has 22 heavy (non-hydrogen) atoms. The molecule has 6 heteroatoms. The summed E-state index contributed by atoms with van der Waals surface area (Å²) in [5.41, 5.74) is 1.03. The average Bonchev–Trinajstić information content (AvgIpc) is 2.52. The van der Waals surface area contributed by atoms with Crippen molar-refractivity contribution in [3.05, 3.63) is 28.8 Å². The fourth-order valence-electron chi connectivity index (χ4n) is 1.91. The number of esters is 1. The van der Waals surface area contributed by atoms with Crippen molar-refractivity contribution in [3.63, 3.8) is 0 Å². The Morgan fingerprint density at radius 3 is 2.68 bits per heavy atom. The number of nitrogens with one attached hydrogen (secondary N) is 2. The minimum Gasteiger partial charge on any atom is -0.465 e. The number of carbonyl (C=O) groups excluding carboxylic acids is 2. The molecule has 0 saturated carbocycles. The SMILES string of the molecule is CCCCCNC(=O)CCNc1cc(C(=O)OC)ccc1Cl. The summed E-state index contributed by atoms with van der Waals surface area (Å²) in [5.74, 6) is -0.419. The van der Waals surface area contributed by atoms with E-state index >= 15 is 0 Å². The number of unbranched alkanes of at least 4 members (excludes halogenated alkanes) is 2. The first-order valence-electron chi connectivity index (χ1n) is 7.47. The minimum absolute atomic E-state index is 0.00356. The van der Waals surface area contributed by atoms with Gasteiger partial charge in [-0.15, -0.1) is 0 Å².